The molecule has 1 amide bonds. The second kappa shape index (κ2) is 5.34. The molecular weight excluding hydrogens is 270 g/mol. The zero-order valence-corrected chi connectivity index (χ0v) is 10.5. The Morgan fingerprint density at radius 3 is 3.00 bits per heavy atom. The minimum Gasteiger partial charge on any atom is -0.484 e. The van der Waals surface area contributed by atoms with Crippen LogP contribution in [0.25, 0.3) is 0 Å². The summed E-state index contributed by atoms with van der Waals surface area (Å²) < 4.78 is 6.31. The van der Waals surface area contributed by atoms with E-state index in [4.69, 9.17) is 4.74 Å². The molecule has 3 nitrogen and oxygen atoms in total. The summed E-state index contributed by atoms with van der Waals surface area (Å²) in [6.45, 7) is 0.879. The first-order valence-electron chi connectivity index (χ1n) is 5.39. The number of halogens is 1. The van der Waals surface area contributed by atoms with Crippen molar-refractivity contribution in [1.82, 2.24) is 5.32 Å². The third-order valence-corrected chi connectivity index (χ3v) is 2.94. The van der Waals surface area contributed by atoms with Gasteiger partial charge in [0.25, 0.3) is 5.91 Å². The van der Waals surface area contributed by atoms with E-state index < -0.39 is 0 Å². The normalized spacial score (nSPS) is 14.6. The van der Waals surface area contributed by atoms with Crippen LogP contribution < -0.4 is 10.1 Å². The number of carbonyl (C=O) groups excluding carboxylic acids is 1. The van der Waals surface area contributed by atoms with E-state index in [-0.39, 0.29) is 12.5 Å². The highest BCUT2D eigenvalue weighted by molar-refractivity contribution is 9.10. The SMILES string of the molecule is O=C(COc1cccc(Br)c1)NCC1CC1. The number of amides is 1. The van der Waals surface area contributed by atoms with Crippen LogP contribution in [-0.2, 0) is 4.79 Å². The molecule has 1 aliphatic carbocycles. The summed E-state index contributed by atoms with van der Waals surface area (Å²) in [7, 11) is 0. The average Bonchev–Trinajstić information content (AvgIpc) is 3.07. The van der Waals surface area contributed by atoms with Gasteiger partial charge in [-0.05, 0) is 37.0 Å². The van der Waals surface area contributed by atoms with Crippen LogP contribution in [-0.4, -0.2) is 19.1 Å². The highest BCUT2D eigenvalue weighted by Gasteiger charge is 2.21. The van der Waals surface area contributed by atoms with E-state index in [9.17, 15) is 4.79 Å². The highest BCUT2D eigenvalue weighted by atomic mass is 79.9. The van der Waals surface area contributed by atoms with Crippen LogP contribution in [0.3, 0.4) is 0 Å². The maximum absolute atomic E-state index is 11.4. The Labute approximate surface area is 103 Å². The lowest BCUT2D eigenvalue weighted by Gasteiger charge is -2.07. The fourth-order valence-corrected chi connectivity index (χ4v) is 1.72. The molecule has 0 atom stereocenters. The van der Waals surface area contributed by atoms with Crippen molar-refractivity contribution in [2.24, 2.45) is 5.92 Å². The third kappa shape index (κ3) is 3.85. The molecule has 4 heteroatoms. The Morgan fingerprint density at radius 1 is 1.50 bits per heavy atom. The van der Waals surface area contributed by atoms with Crippen molar-refractivity contribution >= 4 is 21.8 Å². The van der Waals surface area contributed by atoms with Crippen molar-refractivity contribution in [3.8, 4) is 5.75 Å². The van der Waals surface area contributed by atoms with E-state index in [1.54, 1.807) is 0 Å². The largest absolute Gasteiger partial charge is 0.484 e. The topological polar surface area (TPSA) is 38.3 Å². The van der Waals surface area contributed by atoms with E-state index in [1.807, 2.05) is 24.3 Å². The molecule has 1 fully saturated rings. The van der Waals surface area contributed by atoms with Crippen LogP contribution in [0.2, 0.25) is 0 Å². The minimum absolute atomic E-state index is 0.0492. The Balaban J connectivity index is 1.71. The van der Waals surface area contributed by atoms with Crippen molar-refractivity contribution in [2.75, 3.05) is 13.2 Å². The van der Waals surface area contributed by atoms with Gasteiger partial charge in [0.05, 0.1) is 0 Å². The summed E-state index contributed by atoms with van der Waals surface area (Å²) in [4.78, 5) is 11.4. The van der Waals surface area contributed by atoms with E-state index >= 15 is 0 Å². The first-order chi connectivity index (χ1) is 7.74. The number of rotatable bonds is 5. The van der Waals surface area contributed by atoms with Gasteiger partial charge in [-0.25, -0.2) is 0 Å². The summed E-state index contributed by atoms with van der Waals surface area (Å²) in [5.74, 6) is 1.36. The van der Waals surface area contributed by atoms with Gasteiger partial charge in [0.2, 0.25) is 0 Å². The van der Waals surface area contributed by atoms with Crippen molar-refractivity contribution in [1.29, 1.82) is 0 Å². The average molecular weight is 284 g/mol. The van der Waals surface area contributed by atoms with Gasteiger partial charge in [-0.1, -0.05) is 22.0 Å². The van der Waals surface area contributed by atoms with Crippen LogP contribution in [0.1, 0.15) is 12.8 Å². The monoisotopic (exact) mass is 283 g/mol. The van der Waals surface area contributed by atoms with Gasteiger partial charge >= 0.3 is 0 Å². The molecule has 16 heavy (non-hydrogen) atoms. The number of ether oxygens (including phenoxy) is 1. The van der Waals surface area contributed by atoms with Gasteiger partial charge in [-0.2, -0.15) is 0 Å². The van der Waals surface area contributed by atoms with E-state index in [0.29, 0.717) is 11.7 Å². The predicted octanol–water partition coefficient (Wildman–Crippen LogP) is 2.35. The number of hydrogen-bond donors (Lipinski definition) is 1. The summed E-state index contributed by atoms with van der Waals surface area (Å²) >= 11 is 3.35. The van der Waals surface area contributed by atoms with E-state index in [0.717, 1.165) is 11.0 Å². The zero-order chi connectivity index (χ0) is 11.4. The Morgan fingerprint density at radius 2 is 2.31 bits per heavy atom. The van der Waals surface area contributed by atoms with Crippen LogP contribution in [0.15, 0.2) is 28.7 Å². The number of hydrogen-bond acceptors (Lipinski definition) is 2. The third-order valence-electron chi connectivity index (χ3n) is 2.45. The zero-order valence-electron chi connectivity index (χ0n) is 8.91. The van der Waals surface area contributed by atoms with Crippen molar-refractivity contribution in [3.05, 3.63) is 28.7 Å². The number of benzene rings is 1. The number of carbonyl (C=O) groups is 1. The first kappa shape index (κ1) is 11.5. The maximum atomic E-state index is 11.4. The Hall–Kier alpha value is -1.03. The molecule has 0 heterocycles. The van der Waals surface area contributed by atoms with Crippen LogP contribution in [0, 0.1) is 5.92 Å². The molecule has 0 bridgehead atoms. The molecule has 1 aromatic rings. The molecule has 0 radical (unpaired) electrons. The predicted molar refractivity (Wildman–Crippen MR) is 65.4 cm³/mol. The van der Waals surface area contributed by atoms with Crippen molar-refractivity contribution in [3.63, 3.8) is 0 Å². The fourth-order valence-electron chi connectivity index (χ4n) is 1.34. The van der Waals surface area contributed by atoms with E-state index in [1.165, 1.54) is 12.8 Å². The molecule has 0 saturated heterocycles. The van der Waals surface area contributed by atoms with Crippen molar-refractivity contribution < 1.29 is 9.53 Å². The molecule has 1 N–H and O–H groups in total. The quantitative estimate of drug-likeness (QED) is 0.901. The molecule has 86 valence electrons. The Kier molecular flexibility index (Phi) is 3.83. The molecule has 1 saturated carbocycles. The van der Waals surface area contributed by atoms with Gasteiger partial charge in [0.1, 0.15) is 5.75 Å². The summed E-state index contributed by atoms with van der Waals surface area (Å²) in [5.41, 5.74) is 0. The molecule has 2 rings (SSSR count). The Bertz CT molecular complexity index is 377. The van der Waals surface area contributed by atoms with Gasteiger partial charge in [0.15, 0.2) is 6.61 Å². The molecule has 0 spiro atoms. The van der Waals surface area contributed by atoms with Crippen molar-refractivity contribution in [2.45, 2.75) is 12.8 Å². The smallest absolute Gasteiger partial charge is 0.257 e. The van der Waals surface area contributed by atoms with Crippen LogP contribution in [0.5, 0.6) is 5.75 Å². The molecule has 0 aromatic heterocycles. The van der Waals surface area contributed by atoms with E-state index in [2.05, 4.69) is 21.2 Å². The van der Waals surface area contributed by atoms with Gasteiger partial charge in [-0.15, -0.1) is 0 Å². The lowest BCUT2D eigenvalue weighted by Crippen LogP contribution is -2.30. The second-order valence-electron chi connectivity index (χ2n) is 3.99. The van der Waals surface area contributed by atoms with Gasteiger partial charge < -0.3 is 10.1 Å². The minimum atomic E-state index is -0.0492. The molecular formula is C12H14BrNO2. The lowest BCUT2D eigenvalue weighted by atomic mass is 10.3. The first-order valence-corrected chi connectivity index (χ1v) is 6.18. The van der Waals surface area contributed by atoms with Crippen LogP contribution >= 0.6 is 15.9 Å². The molecule has 0 unspecified atom stereocenters. The summed E-state index contributed by atoms with van der Waals surface area (Å²) in [5, 5.41) is 2.85. The van der Waals surface area contributed by atoms with Gasteiger partial charge in [0, 0.05) is 11.0 Å². The standard InChI is InChI=1S/C12H14BrNO2/c13-10-2-1-3-11(6-10)16-8-12(15)14-7-9-4-5-9/h1-3,6,9H,4-5,7-8H2,(H,14,15). The summed E-state index contributed by atoms with van der Waals surface area (Å²) in [6, 6.07) is 7.47. The molecule has 0 aliphatic heterocycles. The second-order valence-corrected chi connectivity index (χ2v) is 4.91. The highest BCUT2D eigenvalue weighted by Crippen LogP contribution is 2.27. The summed E-state index contributed by atoms with van der Waals surface area (Å²) in [6.07, 6.45) is 2.49. The number of nitrogens with one attached hydrogen (secondary N) is 1. The van der Waals surface area contributed by atoms with Crippen LogP contribution in [0.4, 0.5) is 0 Å². The maximum Gasteiger partial charge on any atom is 0.257 e. The fraction of sp³-hybridized carbons (Fsp3) is 0.417. The van der Waals surface area contributed by atoms with Gasteiger partial charge in [-0.3, -0.25) is 4.79 Å². The lowest BCUT2D eigenvalue weighted by molar-refractivity contribution is -0.123. The molecule has 1 aliphatic rings. The molecule has 1 aromatic carbocycles.